The Morgan fingerprint density at radius 3 is 2.42 bits per heavy atom. The van der Waals surface area contributed by atoms with E-state index in [1.165, 1.54) is 0 Å². The van der Waals surface area contributed by atoms with Crippen LogP contribution < -0.4 is 15.4 Å². The third-order valence-corrected chi connectivity index (χ3v) is 5.69. The summed E-state index contributed by atoms with van der Waals surface area (Å²) in [4.78, 5) is 50.1. The molecule has 2 N–H and O–H groups in total. The van der Waals surface area contributed by atoms with Crippen LogP contribution in [0.2, 0.25) is 0 Å². The van der Waals surface area contributed by atoms with Crippen molar-refractivity contribution in [3.8, 4) is 5.75 Å². The smallest absolute Gasteiger partial charge is 0.262 e. The van der Waals surface area contributed by atoms with Crippen LogP contribution in [0.15, 0.2) is 12.1 Å². The van der Waals surface area contributed by atoms with Crippen molar-refractivity contribution in [2.75, 3.05) is 13.1 Å². The van der Waals surface area contributed by atoms with Crippen LogP contribution in [0.4, 0.5) is 0 Å². The minimum Gasteiger partial charge on any atom is -0.484 e. The molecule has 4 aliphatic heterocycles. The number of carbonyl (C=O) groups is 4. The summed E-state index contributed by atoms with van der Waals surface area (Å²) in [5.41, 5.74) is 1.27. The molecule has 1 aromatic rings. The number of ether oxygens (including phenoxy) is 1. The molecule has 8 heteroatoms. The fourth-order valence-electron chi connectivity index (χ4n) is 4.13. The topological polar surface area (TPSA) is 105 Å². The number of hydrogen-bond donors (Lipinski definition) is 2. The molecule has 1 atom stereocenters. The van der Waals surface area contributed by atoms with Gasteiger partial charge >= 0.3 is 0 Å². The van der Waals surface area contributed by atoms with Gasteiger partial charge in [0.05, 0.1) is 11.1 Å². The number of hydrogen-bond acceptors (Lipinski definition) is 6. The zero-order valence-corrected chi connectivity index (χ0v) is 14.0. The lowest BCUT2D eigenvalue weighted by Crippen LogP contribution is -2.64. The van der Waals surface area contributed by atoms with Crippen LogP contribution in [0.25, 0.3) is 0 Å². The van der Waals surface area contributed by atoms with E-state index in [0.717, 1.165) is 36.4 Å². The van der Waals surface area contributed by atoms with E-state index in [9.17, 15) is 19.2 Å². The summed E-state index contributed by atoms with van der Waals surface area (Å²) in [6, 6.07) is 2.41. The van der Waals surface area contributed by atoms with Gasteiger partial charge in [0.2, 0.25) is 11.8 Å². The van der Waals surface area contributed by atoms with Crippen molar-refractivity contribution in [1.29, 1.82) is 0 Å². The number of nitrogens with zero attached hydrogens (tertiary/aromatic N) is 1. The Labute approximate surface area is 148 Å². The second-order valence-corrected chi connectivity index (χ2v) is 7.34. The first-order valence-corrected chi connectivity index (χ1v) is 8.76. The highest BCUT2D eigenvalue weighted by Crippen LogP contribution is 2.39. The van der Waals surface area contributed by atoms with Gasteiger partial charge in [-0.25, -0.2) is 0 Å². The van der Waals surface area contributed by atoms with Crippen LogP contribution in [0.5, 0.6) is 5.75 Å². The fraction of sp³-hybridized carbons (Fsp3) is 0.444. The number of rotatable bonds is 1. The summed E-state index contributed by atoms with van der Waals surface area (Å²) in [6.45, 7) is 1.55. The number of nitrogens with one attached hydrogen (secondary N) is 2. The summed E-state index contributed by atoms with van der Waals surface area (Å²) in [5.74, 6) is -1.32. The summed E-state index contributed by atoms with van der Waals surface area (Å²) in [5, 5.41) is 5.40. The third kappa shape index (κ3) is 2.05. The monoisotopic (exact) mass is 355 g/mol. The highest BCUT2D eigenvalue weighted by molar-refractivity contribution is 6.23. The van der Waals surface area contributed by atoms with Gasteiger partial charge in [-0.2, -0.15) is 0 Å². The van der Waals surface area contributed by atoms with Crippen molar-refractivity contribution in [3.05, 3.63) is 28.8 Å². The zero-order chi connectivity index (χ0) is 18.1. The standard InChI is InChI=1S/C18H17N3O5/c22-14-2-1-12(15(23)20-14)21-16(24)10-5-9-3-4-18(7-19-8-18)26-13(9)6-11(10)17(21)25/h5-6,12,19H,1-4,7-8H2,(H,20,22,23). The fourth-order valence-corrected chi connectivity index (χ4v) is 4.13. The SMILES string of the molecule is O=C1CCC(N2C(=O)c3cc4c(cc3C2=O)OC2(CC4)CNC2)C(=O)N1. The lowest BCUT2D eigenvalue weighted by atomic mass is 9.85. The second-order valence-electron chi connectivity index (χ2n) is 7.34. The molecule has 0 aliphatic carbocycles. The van der Waals surface area contributed by atoms with Crippen molar-refractivity contribution in [3.63, 3.8) is 0 Å². The molecule has 0 aromatic heterocycles. The average molecular weight is 355 g/mol. The van der Waals surface area contributed by atoms with Crippen LogP contribution in [-0.4, -0.2) is 53.3 Å². The van der Waals surface area contributed by atoms with E-state index in [0.29, 0.717) is 11.3 Å². The third-order valence-electron chi connectivity index (χ3n) is 5.69. The molecule has 2 saturated heterocycles. The largest absolute Gasteiger partial charge is 0.484 e. The Hall–Kier alpha value is -2.74. The Morgan fingerprint density at radius 1 is 1.04 bits per heavy atom. The summed E-state index contributed by atoms with van der Waals surface area (Å²) in [6.07, 6.45) is 1.91. The summed E-state index contributed by atoms with van der Waals surface area (Å²) >= 11 is 0. The molecule has 0 bridgehead atoms. The maximum Gasteiger partial charge on any atom is 0.262 e. The summed E-state index contributed by atoms with van der Waals surface area (Å²) < 4.78 is 6.11. The van der Waals surface area contributed by atoms with Crippen molar-refractivity contribution >= 4 is 23.6 Å². The van der Waals surface area contributed by atoms with Crippen molar-refractivity contribution in [2.24, 2.45) is 0 Å². The normalized spacial score (nSPS) is 26.2. The molecule has 2 fully saturated rings. The average Bonchev–Trinajstić information content (AvgIpc) is 2.82. The number of benzene rings is 1. The van der Waals surface area contributed by atoms with E-state index in [2.05, 4.69) is 10.6 Å². The predicted molar refractivity (Wildman–Crippen MR) is 87.7 cm³/mol. The Balaban J connectivity index is 1.49. The Bertz CT molecular complexity index is 889. The Kier molecular flexibility index (Phi) is 3.06. The number of aryl methyl sites for hydroxylation is 1. The van der Waals surface area contributed by atoms with Crippen molar-refractivity contribution < 1.29 is 23.9 Å². The molecule has 134 valence electrons. The molecular weight excluding hydrogens is 338 g/mol. The Morgan fingerprint density at radius 2 is 1.77 bits per heavy atom. The van der Waals surface area contributed by atoms with Gasteiger partial charge in [-0.15, -0.1) is 0 Å². The van der Waals surface area contributed by atoms with Crippen LogP contribution in [0.3, 0.4) is 0 Å². The second kappa shape index (κ2) is 5.14. The first-order chi connectivity index (χ1) is 12.5. The van der Waals surface area contributed by atoms with Gasteiger partial charge < -0.3 is 10.1 Å². The molecule has 4 amide bonds. The molecule has 5 rings (SSSR count). The summed E-state index contributed by atoms with van der Waals surface area (Å²) in [7, 11) is 0. The molecule has 0 radical (unpaired) electrons. The van der Waals surface area contributed by atoms with Crippen LogP contribution in [0, 0.1) is 0 Å². The van der Waals surface area contributed by atoms with Crippen LogP contribution in [0.1, 0.15) is 45.5 Å². The molecule has 4 aliphatic rings. The van der Waals surface area contributed by atoms with Crippen molar-refractivity contribution in [1.82, 2.24) is 15.5 Å². The first kappa shape index (κ1) is 15.5. The predicted octanol–water partition coefficient (Wildman–Crippen LogP) is -0.245. The maximum absolute atomic E-state index is 12.8. The molecule has 26 heavy (non-hydrogen) atoms. The van der Waals surface area contributed by atoms with Crippen molar-refractivity contribution in [2.45, 2.75) is 37.3 Å². The lowest BCUT2D eigenvalue weighted by molar-refractivity contribution is -0.136. The molecule has 0 saturated carbocycles. The number of amides is 4. The van der Waals surface area contributed by atoms with E-state index >= 15 is 0 Å². The molecule has 1 aromatic carbocycles. The first-order valence-electron chi connectivity index (χ1n) is 8.76. The van der Waals surface area contributed by atoms with Gasteiger partial charge in [0.25, 0.3) is 11.8 Å². The maximum atomic E-state index is 12.8. The number of imide groups is 2. The molecule has 4 heterocycles. The van der Waals surface area contributed by atoms with Gasteiger partial charge in [-0.1, -0.05) is 0 Å². The number of piperidine rings is 1. The molecule has 1 unspecified atom stereocenters. The lowest BCUT2D eigenvalue weighted by Gasteiger charge is -2.45. The molecular formula is C18H17N3O5. The van der Waals surface area contributed by atoms with Gasteiger partial charge in [0.1, 0.15) is 17.4 Å². The minimum atomic E-state index is -0.944. The van der Waals surface area contributed by atoms with E-state index in [1.807, 2.05) is 0 Å². The van der Waals surface area contributed by atoms with Gasteiger partial charge in [-0.3, -0.25) is 29.4 Å². The van der Waals surface area contributed by atoms with E-state index in [-0.39, 0.29) is 29.9 Å². The minimum absolute atomic E-state index is 0.110. The number of fused-ring (bicyclic) bond motifs is 2. The van der Waals surface area contributed by atoms with E-state index < -0.39 is 23.8 Å². The van der Waals surface area contributed by atoms with E-state index in [4.69, 9.17) is 4.74 Å². The highest BCUT2D eigenvalue weighted by Gasteiger charge is 2.47. The van der Waals surface area contributed by atoms with Gasteiger partial charge in [-0.05, 0) is 37.0 Å². The quantitative estimate of drug-likeness (QED) is 0.674. The van der Waals surface area contributed by atoms with Crippen LogP contribution >= 0.6 is 0 Å². The van der Waals surface area contributed by atoms with Gasteiger partial charge in [0, 0.05) is 19.5 Å². The van der Waals surface area contributed by atoms with Crippen LogP contribution in [-0.2, 0) is 16.0 Å². The van der Waals surface area contributed by atoms with E-state index in [1.54, 1.807) is 12.1 Å². The molecule has 1 spiro atoms. The number of carbonyl (C=O) groups excluding carboxylic acids is 4. The highest BCUT2D eigenvalue weighted by atomic mass is 16.5. The molecule has 8 nitrogen and oxygen atoms in total. The zero-order valence-electron chi connectivity index (χ0n) is 14.0. The van der Waals surface area contributed by atoms with Gasteiger partial charge in [0.15, 0.2) is 0 Å².